The number of aliphatic carboxylic acids is 1. The molecule has 0 radical (unpaired) electrons. The van der Waals surface area contributed by atoms with Gasteiger partial charge >= 0.3 is 12.1 Å². The predicted molar refractivity (Wildman–Crippen MR) is 243 cm³/mol. The number of carboxylic acid groups (broad SMARTS) is 1. The number of methoxy groups -OCH3 is 1. The molecule has 4 heterocycles. The Bertz CT molecular complexity index is 2350. The van der Waals surface area contributed by atoms with Crippen LogP contribution in [0.2, 0.25) is 0 Å². The SMILES string of the molecule is COc1ccc2c(O[C@@H]3C[C@H]4C(=O)N[C@]5(C(=O)O)CC5C=CCCCCC[C@H](NC(=O)O[C@H](CN(C)S(=O)(=O)N(C)C)C(C)(C)C)C(=O)N4C3)cc(-c3csc(NC(C)C)n3)nc2c1. The zero-order chi connectivity index (χ0) is 46.7. The van der Waals surface area contributed by atoms with E-state index in [0.717, 1.165) is 20.2 Å². The minimum Gasteiger partial charge on any atom is -0.497 e. The Hall–Kier alpha value is -5.05. The molecule has 1 aromatic carbocycles. The van der Waals surface area contributed by atoms with Gasteiger partial charge in [-0.3, -0.25) is 9.59 Å². The van der Waals surface area contributed by atoms with Gasteiger partial charge in [0.05, 0.1) is 31.4 Å². The number of amides is 3. The molecule has 18 nitrogen and oxygen atoms in total. The number of aromatic nitrogens is 2. The van der Waals surface area contributed by atoms with Gasteiger partial charge in [-0.15, -0.1) is 11.3 Å². The number of carboxylic acids is 1. The summed E-state index contributed by atoms with van der Waals surface area (Å²) in [6.45, 7) is 9.26. The molecule has 2 aromatic heterocycles. The molecule has 20 heteroatoms. The lowest BCUT2D eigenvalue weighted by atomic mass is 9.89. The molecule has 2 fully saturated rings. The highest BCUT2D eigenvalue weighted by molar-refractivity contribution is 7.86. The van der Waals surface area contributed by atoms with Crippen molar-refractivity contribution in [1.82, 2.24) is 34.1 Å². The number of nitrogens with zero attached hydrogens (tertiary/aromatic N) is 5. The fourth-order valence-corrected chi connectivity index (χ4v) is 9.70. The summed E-state index contributed by atoms with van der Waals surface area (Å²) in [6, 6.07) is 5.02. The number of rotatable bonds is 13. The summed E-state index contributed by atoms with van der Waals surface area (Å²) < 4.78 is 46.1. The highest BCUT2D eigenvalue weighted by Gasteiger charge is 2.61. The van der Waals surface area contributed by atoms with Crippen molar-refractivity contribution < 1.29 is 46.9 Å². The summed E-state index contributed by atoms with van der Waals surface area (Å²) in [5, 5.41) is 22.5. The van der Waals surface area contributed by atoms with Gasteiger partial charge in [-0.05, 0) is 51.7 Å². The van der Waals surface area contributed by atoms with E-state index < -0.39 is 75.2 Å². The van der Waals surface area contributed by atoms with Crippen molar-refractivity contribution in [3.8, 4) is 22.9 Å². The first kappa shape index (κ1) is 48.4. The Balaban J connectivity index is 1.32. The fraction of sp³-hybridized carbons (Fsp3) is 0.591. The molecule has 1 unspecified atom stereocenters. The van der Waals surface area contributed by atoms with Crippen molar-refractivity contribution in [3.63, 3.8) is 0 Å². The minimum absolute atomic E-state index is 0.0121. The number of allylic oxidation sites excluding steroid dienone is 1. The molecule has 1 saturated carbocycles. The zero-order valence-electron chi connectivity index (χ0n) is 38.0. The van der Waals surface area contributed by atoms with Crippen LogP contribution in [0, 0.1) is 11.3 Å². The molecule has 6 atom stereocenters. The van der Waals surface area contributed by atoms with Gasteiger partial charge in [0.2, 0.25) is 11.8 Å². The summed E-state index contributed by atoms with van der Waals surface area (Å²) in [6.07, 6.45) is 4.31. The molecule has 3 aromatic rings. The molecular weight excluding hydrogens is 865 g/mol. The third-order valence-electron chi connectivity index (χ3n) is 11.9. The molecule has 0 spiro atoms. The number of alkyl carbamates (subject to hydrolysis) is 1. The van der Waals surface area contributed by atoms with Gasteiger partial charge in [0, 0.05) is 67.8 Å². The van der Waals surface area contributed by atoms with Crippen LogP contribution in [0.25, 0.3) is 22.3 Å². The fourth-order valence-electron chi connectivity index (χ4n) is 7.96. The van der Waals surface area contributed by atoms with E-state index >= 15 is 0 Å². The Labute approximate surface area is 379 Å². The summed E-state index contributed by atoms with van der Waals surface area (Å²) in [4.78, 5) is 66.8. The number of carbonyl (C=O) groups is 4. The van der Waals surface area contributed by atoms with Gasteiger partial charge in [-0.1, -0.05) is 45.8 Å². The van der Waals surface area contributed by atoms with Crippen molar-refractivity contribution in [2.45, 2.75) is 115 Å². The number of thiazole rings is 1. The van der Waals surface area contributed by atoms with E-state index in [-0.39, 0.29) is 38.4 Å². The van der Waals surface area contributed by atoms with Crippen molar-refractivity contribution in [2.75, 3.05) is 46.7 Å². The largest absolute Gasteiger partial charge is 0.497 e. The smallest absolute Gasteiger partial charge is 0.408 e. The second-order valence-electron chi connectivity index (χ2n) is 18.4. The number of pyridine rings is 1. The Morgan fingerprint density at radius 2 is 1.84 bits per heavy atom. The molecule has 1 saturated heterocycles. The predicted octanol–water partition coefficient (Wildman–Crippen LogP) is 5.26. The van der Waals surface area contributed by atoms with Crippen molar-refractivity contribution in [2.24, 2.45) is 11.3 Å². The van der Waals surface area contributed by atoms with E-state index in [2.05, 4.69) is 16.0 Å². The van der Waals surface area contributed by atoms with Crippen molar-refractivity contribution >= 4 is 61.5 Å². The molecule has 3 amide bonds. The molecule has 2 aliphatic heterocycles. The lowest BCUT2D eigenvalue weighted by Gasteiger charge is -2.34. The number of ether oxygens (including phenoxy) is 3. The molecule has 4 N–H and O–H groups in total. The number of nitrogens with one attached hydrogen (secondary N) is 3. The van der Waals surface area contributed by atoms with Crippen LogP contribution in [0.15, 0.2) is 41.8 Å². The lowest BCUT2D eigenvalue weighted by Crippen LogP contribution is -2.56. The van der Waals surface area contributed by atoms with Crippen LogP contribution >= 0.6 is 11.3 Å². The van der Waals surface area contributed by atoms with E-state index in [1.165, 1.54) is 37.4 Å². The molecule has 1 aliphatic carbocycles. The summed E-state index contributed by atoms with van der Waals surface area (Å²) in [5.41, 5.74) is -0.514. The molecule has 3 aliphatic rings. The van der Waals surface area contributed by atoms with Crippen LogP contribution < -0.4 is 25.4 Å². The molecule has 350 valence electrons. The number of carbonyl (C=O) groups excluding carboxylic acids is 3. The monoisotopic (exact) mass is 926 g/mol. The molecule has 0 bridgehead atoms. The summed E-state index contributed by atoms with van der Waals surface area (Å²) in [5.74, 6) is -1.78. The van der Waals surface area contributed by atoms with Crippen molar-refractivity contribution in [1.29, 1.82) is 0 Å². The molecule has 6 rings (SSSR count). The third-order valence-corrected chi connectivity index (χ3v) is 14.5. The van der Waals surface area contributed by atoms with E-state index in [1.807, 2.05) is 58.2 Å². The van der Waals surface area contributed by atoms with E-state index in [4.69, 9.17) is 24.2 Å². The van der Waals surface area contributed by atoms with Crippen LogP contribution in [0.4, 0.5) is 9.93 Å². The second kappa shape index (κ2) is 19.6. The first-order valence-electron chi connectivity index (χ1n) is 21.6. The number of hydrogen-bond acceptors (Lipinski definition) is 13. The quantitative estimate of drug-likeness (QED) is 0.161. The van der Waals surface area contributed by atoms with Crippen LogP contribution in [-0.2, 0) is 29.3 Å². The average Bonchev–Trinajstić information content (AvgIpc) is 3.48. The number of benzene rings is 1. The maximum atomic E-state index is 14.9. The van der Waals surface area contributed by atoms with E-state index in [0.29, 0.717) is 53.1 Å². The molecular formula is C44H62N8O10S2. The first-order chi connectivity index (χ1) is 30.1. The van der Waals surface area contributed by atoms with Gasteiger partial charge in [-0.2, -0.15) is 17.0 Å². The van der Waals surface area contributed by atoms with E-state index in [1.54, 1.807) is 25.3 Å². The van der Waals surface area contributed by atoms with Gasteiger partial charge in [0.15, 0.2) is 5.13 Å². The highest BCUT2D eigenvalue weighted by atomic mass is 32.2. The topological polar surface area (TPSA) is 222 Å². The van der Waals surface area contributed by atoms with Gasteiger partial charge in [0.1, 0.15) is 47.0 Å². The minimum atomic E-state index is -3.84. The van der Waals surface area contributed by atoms with E-state index in [9.17, 15) is 32.7 Å². The highest BCUT2D eigenvalue weighted by Crippen LogP contribution is 2.45. The van der Waals surface area contributed by atoms with Gasteiger partial charge in [-0.25, -0.2) is 19.6 Å². The average molecular weight is 927 g/mol. The van der Waals surface area contributed by atoms with Crippen LogP contribution in [0.5, 0.6) is 11.5 Å². The number of fused-ring (bicyclic) bond motifs is 3. The maximum Gasteiger partial charge on any atom is 0.408 e. The number of anilines is 1. The number of likely N-dealkylation sites (N-methyl/N-ethyl adjacent to an activating group) is 1. The van der Waals surface area contributed by atoms with Gasteiger partial charge in [0.25, 0.3) is 10.2 Å². The Kier molecular flexibility index (Phi) is 14.8. The summed E-state index contributed by atoms with van der Waals surface area (Å²) >= 11 is 1.44. The standard InChI is InChI=1S/C44H62N8O10S2/c1-26(2)45-41-47-34(25-63-41)33-21-36(30-18-17-28(60-9)19-32(30)46-33)61-29-20-35-38(53)49-44(40(55)56)22-27(44)15-13-11-10-12-14-16-31(39(54)52(35)23-29)48-42(57)62-37(43(3,4)5)24-51(8)64(58,59)50(6)7/h13,15,17-19,21,25-27,29,31,35,37H,10-12,14,16,20,22-24H2,1-9H3,(H,45,47)(H,48,57)(H,49,53)(H,55,56)/t27?,29-,31+,35+,37-,44-/m1/s1. The maximum absolute atomic E-state index is 14.9. The normalized spacial score (nSPS) is 23.8. The second-order valence-corrected chi connectivity index (χ2v) is 21.5. The van der Waals surface area contributed by atoms with Crippen molar-refractivity contribution in [3.05, 3.63) is 41.8 Å². The van der Waals surface area contributed by atoms with Crippen LogP contribution in [0.3, 0.4) is 0 Å². The summed E-state index contributed by atoms with van der Waals surface area (Å²) in [7, 11) is 1.94. The number of hydrogen-bond donors (Lipinski definition) is 4. The Morgan fingerprint density at radius 1 is 1.09 bits per heavy atom. The molecule has 64 heavy (non-hydrogen) atoms. The van der Waals surface area contributed by atoms with Gasteiger partial charge < -0.3 is 40.2 Å². The lowest BCUT2D eigenvalue weighted by molar-refractivity contribution is -0.145. The third kappa shape index (κ3) is 11.1. The zero-order valence-corrected chi connectivity index (χ0v) is 39.7. The first-order valence-corrected chi connectivity index (χ1v) is 23.9. The van der Waals surface area contributed by atoms with Crippen LogP contribution in [0.1, 0.15) is 79.6 Å². The van der Waals surface area contributed by atoms with Crippen LogP contribution in [-0.4, -0.2) is 138 Å². The Morgan fingerprint density at radius 3 is 2.52 bits per heavy atom.